The smallest absolute Gasteiger partial charge is 0.123 e. The van der Waals surface area contributed by atoms with Crippen LogP contribution in [0.2, 0.25) is 0 Å². The van der Waals surface area contributed by atoms with Crippen molar-refractivity contribution in [3.8, 4) is 72.5 Å². The number of hydrogen-bond acceptors (Lipinski definition) is 2. The summed E-state index contributed by atoms with van der Waals surface area (Å²) in [5, 5.41) is 13.4. The van der Waals surface area contributed by atoms with E-state index in [-0.39, 0.29) is 5.75 Å². The highest BCUT2D eigenvalue weighted by atomic mass is 16.3. The maximum absolute atomic E-state index is 10.9. The summed E-state index contributed by atoms with van der Waals surface area (Å²) in [4.78, 5) is 2.37. The summed E-state index contributed by atoms with van der Waals surface area (Å²) in [6.07, 6.45) is 0. The third-order valence-electron chi connectivity index (χ3n) is 14.9. The second-order valence-electron chi connectivity index (χ2n) is 18.9. The van der Waals surface area contributed by atoms with Gasteiger partial charge in [0.2, 0.25) is 0 Å². The van der Waals surface area contributed by atoms with Crippen LogP contribution < -0.4 is 4.90 Å². The first-order valence-electron chi connectivity index (χ1n) is 25.0. The lowest BCUT2D eigenvalue weighted by Gasteiger charge is -2.34. The molecule has 0 aromatic heterocycles. The van der Waals surface area contributed by atoms with Crippen LogP contribution in [0.25, 0.3) is 77.5 Å². The topological polar surface area (TPSA) is 23.5 Å². The lowest BCUT2D eigenvalue weighted by molar-refractivity contribution is 0.477. The van der Waals surface area contributed by atoms with E-state index in [1.807, 2.05) is 18.2 Å². The maximum Gasteiger partial charge on any atom is 0.123 e. The van der Waals surface area contributed by atoms with Gasteiger partial charge in [0.25, 0.3) is 0 Å². The third kappa shape index (κ3) is 7.60. The minimum Gasteiger partial charge on any atom is -0.507 e. The van der Waals surface area contributed by atoms with E-state index in [9.17, 15) is 5.11 Å². The Morgan fingerprint density at radius 3 is 1.41 bits per heavy atom. The number of anilines is 3. The number of benzene rings is 12. The molecule has 0 saturated heterocycles. The van der Waals surface area contributed by atoms with E-state index in [2.05, 4.69) is 272 Å². The van der Waals surface area contributed by atoms with Crippen molar-refractivity contribution in [2.45, 2.75) is 5.41 Å². The van der Waals surface area contributed by atoms with Crippen LogP contribution in [0.3, 0.4) is 0 Å². The maximum atomic E-state index is 10.9. The monoisotopic (exact) mass is 931 g/mol. The van der Waals surface area contributed by atoms with Gasteiger partial charge in [-0.1, -0.05) is 243 Å². The summed E-state index contributed by atoms with van der Waals surface area (Å²) < 4.78 is 0. The molecule has 12 aromatic carbocycles. The average Bonchev–Trinajstić information content (AvgIpc) is 3.78. The molecule has 0 spiro atoms. The number of rotatable bonds is 10. The van der Waals surface area contributed by atoms with Gasteiger partial charge in [-0.25, -0.2) is 0 Å². The SMILES string of the molecule is Oc1ccccc1-c1cccc(-c2ccccc2N(c2ccc(-c3ccc(-c4ccc5ccccc5c4)cc3)cc2)c2ccc(-c3cccc4c3-c3ccccc3C4(c3ccccc3)c3ccccc3)cc2)c1. The Morgan fingerprint density at radius 2 is 0.740 bits per heavy atom. The fourth-order valence-electron chi connectivity index (χ4n) is 11.5. The van der Waals surface area contributed by atoms with Gasteiger partial charge in [-0.2, -0.15) is 0 Å². The Bertz CT molecular complexity index is 3910. The van der Waals surface area contributed by atoms with Crippen molar-refractivity contribution in [3.63, 3.8) is 0 Å². The Balaban J connectivity index is 0.917. The Labute approximate surface area is 427 Å². The highest BCUT2D eigenvalue weighted by Crippen LogP contribution is 2.58. The molecule has 0 aliphatic heterocycles. The van der Waals surface area contributed by atoms with Gasteiger partial charge in [-0.05, 0) is 137 Å². The zero-order chi connectivity index (χ0) is 48.7. The number of phenols is 1. The van der Waals surface area contributed by atoms with Gasteiger partial charge in [0.1, 0.15) is 5.75 Å². The lowest BCUT2D eigenvalue weighted by atomic mass is 9.67. The molecular weight excluding hydrogens is 883 g/mol. The van der Waals surface area contributed by atoms with E-state index in [1.54, 1.807) is 6.07 Å². The predicted molar refractivity (Wildman–Crippen MR) is 305 cm³/mol. The Hall–Kier alpha value is -9.50. The molecule has 344 valence electrons. The van der Waals surface area contributed by atoms with Gasteiger partial charge in [-0.15, -0.1) is 0 Å². The molecule has 13 rings (SSSR count). The summed E-state index contributed by atoms with van der Waals surface area (Å²) >= 11 is 0. The number of fused-ring (bicyclic) bond motifs is 4. The van der Waals surface area contributed by atoms with Gasteiger partial charge in [0.05, 0.1) is 11.1 Å². The van der Waals surface area contributed by atoms with Crippen LogP contribution in [0, 0.1) is 0 Å². The highest BCUT2D eigenvalue weighted by molar-refractivity contribution is 5.97. The zero-order valence-corrected chi connectivity index (χ0v) is 40.1. The van der Waals surface area contributed by atoms with Crippen LogP contribution in [0.1, 0.15) is 22.3 Å². The Kier molecular flexibility index (Phi) is 10.9. The summed E-state index contributed by atoms with van der Waals surface area (Å²) in [5.41, 5.74) is 21.2. The quantitative estimate of drug-likeness (QED) is 0.148. The van der Waals surface area contributed by atoms with E-state index >= 15 is 0 Å². The van der Waals surface area contributed by atoms with Crippen molar-refractivity contribution >= 4 is 27.8 Å². The second-order valence-corrected chi connectivity index (χ2v) is 18.9. The molecule has 1 aliphatic rings. The van der Waals surface area contributed by atoms with Crippen LogP contribution in [0.15, 0.2) is 291 Å². The molecule has 12 aromatic rings. The van der Waals surface area contributed by atoms with Crippen LogP contribution >= 0.6 is 0 Å². The molecule has 0 fully saturated rings. The highest BCUT2D eigenvalue weighted by Gasteiger charge is 2.46. The van der Waals surface area contributed by atoms with E-state index in [0.717, 1.165) is 56.0 Å². The molecule has 1 N–H and O–H groups in total. The molecule has 1 aliphatic carbocycles. The normalized spacial score (nSPS) is 12.3. The van der Waals surface area contributed by atoms with Crippen molar-refractivity contribution < 1.29 is 5.11 Å². The number of nitrogens with zero attached hydrogens (tertiary/aromatic N) is 1. The molecule has 0 unspecified atom stereocenters. The molecule has 0 amide bonds. The summed E-state index contributed by atoms with van der Waals surface area (Å²) in [6, 6.07) is 105. The van der Waals surface area contributed by atoms with Gasteiger partial charge in [-0.3, -0.25) is 0 Å². The first kappa shape index (κ1) is 43.5. The van der Waals surface area contributed by atoms with Gasteiger partial charge in [0, 0.05) is 22.5 Å². The van der Waals surface area contributed by atoms with Gasteiger partial charge in [0.15, 0.2) is 0 Å². The minimum absolute atomic E-state index is 0.261. The van der Waals surface area contributed by atoms with Crippen LogP contribution in [0.5, 0.6) is 5.75 Å². The molecule has 73 heavy (non-hydrogen) atoms. The largest absolute Gasteiger partial charge is 0.507 e. The van der Waals surface area contributed by atoms with E-state index in [1.165, 1.54) is 60.8 Å². The molecule has 0 heterocycles. The molecule has 0 saturated carbocycles. The van der Waals surface area contributed by atoms with Crippen LogP contribution in [-0.4, -0.2) is 5.11 Å². The fourth-order valence-corrected chi connectivity index (χ4v) is 11.5. The summed E-state index contributed by atoms with van der Waals surface area (Å²) in [7, 11) is 0. The zero-order valence-electron chi connectivity index (χ0n) is 40.1. The fraction of sp³-hybridized carbons (Fsp3) is 0.0141. The van der Waals surface area contributed by atoms with Crippen molar-refractivity contribution in [2.24, 2.45) is 0 Å². The summed E-state index contributed by atoms with van der Waals surface area (Å²) in [6.45, 7) is 0. The van der Waals surface area contributed by atoms with Gasteiger partial charge < -0.3 is 10.0 Å². The second kappa shape index (κ2) is 18.4. The number of aromatic hydroxyl groups is 1. The van der Waals surface area contributed by atoms with Crippen molar-refractivity contribution in [2.75, 3.05) is 4.90 Å². The first-order valence-corrected chi connectivity index (χ1v) is 25.0. The number of para-hydroxylation sites is 2. The molecule has 2 heteroatoms. The third-order valence-corrected chi connectivity index (χ3v) is 14.9. The average molecular weight is 932 g/mol. The number of hydrogen-bond donors (Lipinski definition) is 1. The molecular formula is C71H49NO. The Morgan fingerprint density at radius 1 is 0.274 bits per heavy atom. The van der Waals surface area contributed by atoms with Crippen LogP contribution in [0.4, 0.5) is 17.1 Å². The standard InChI is InChI=1S/C71H49NO/c73-69-32-14-11-26-63(69)57-20-15-19-56(48-57)62-25-10-13-31-68(62)72(60-43-39-51(40-44-60)50-33-35-52(36-34-50)55-38-37-49-17-7-8-18-54(49)47-55)61-45-41-53(42-46-61)64-28-16-30-67-70(64)65-27-9-12-29-66(65)71(67,58-21-3-1-4-22-58)59-23-5-2-6-24-59/h1-48,73H. The minimum atomic E-state index is -0.479. The van der Waals surface area contributed by atoms with Gasteiger partial charge >= 0.3 is 0 Å². The molecule has 0 radical (unpaired) electrons. The molecule has 2 nitrogen and oxygen atoms in total. The summed E-state index contributed by atoms with van der Waals surface area (Å²) in [5.74, 6) is 0.261. The van der Waals surface area contributed by atoms with Crippen molar-refractivity contribution in [3.05, 3.63) is 313 Å². The van der Waals surface area contributed by atoms with Crippen LogP contribution in [-0.2, 0) is 5.41 Å². The molecule has 0 bridgehead atoms. The van der Waals surface area contributed by atoms with Crippen molar-refractivity contribution in [1.82, 2.24) is 0 Å². The van der Waals surface area contributed by atoms with E-state index in [0.29, 0.717) is 0 Å². The molecule has 0 atom stereocenters. The lowest BCUT2D eigenvalue weighted by Crippen LogP contribution is -2.28. The van der Waals surface area contributed by atoms with E-state index < -0.39 is 5.41 Å². The van der Waals surface area contributed by atoms with Crippen molar-refractivity contribution in [1.29, 1.82) is 0 Å². The number of phenolic OH excluding ortho intramolecular Hbond substituents is 1. The first-order chi connectivity index (χ1) is 36.1. The van der Waals surface area contributed by atoms with E-state index in [4.69, 9.17) is 0 Å². The predicted octanol–water partition coefficient (Wildman–Crippen LogP) is 18.7.